The topological polar surface area (TPSA) is 55.5 Å². The number of hydrogen-bond donors (Lipinski definition) is 2. The van der Waals surface area contributed by atoms with E-state index in [1.807, 2.05) is 30.3 Å². The molecular formula is C25H27NO2. The first-order valence-electron chi connectivity index (χ1n) is 9.62. The average molecular weight is 373 g/mol. The molecule has 0 amide bonds. The molecule has 3 nitrogen and oxygen atoms in total. The maximum absolute atomic E-state index is 9.75. The molecule has 0 saturated heterocycles. The fourth-order valence-corrected chi connectivity index (χ4v) is 3.38. The number of benzene rings is 3. The van der Waals surface area contributed by atoms with Crippen molar-refractivity contribution in [1.29, 1.82) is 0 Å². The first-order chi connectivity index (χ1) is 13.6. The number of phenolic OH excluding ortho intramolecular Hbond substituents is 1. The Balaban J connectivity index is 2.18. The predicted octanol–water partition coefficient (Wildman–Crippen LogP) is 5.34. The highest BCUT2D eigenvalue weighted by atomic mass is 16.5. The van der Waals surface area contributed by atoms with Crippen LogP contribution in [0.1, 0.15) is 30.5 Å². The highest BCUT2D eigenvalue weighted by molar-refractivity contribution is 5.99. The lowest BCUT2D eigenvalue weighted by Crippen LogP contribution is -2.10. The van der Waals surface area contributed by atoms with E-state index in [1.54, 1.807) is 12.1 Å². The van der Waals surface area contributed by atoms with E-state index < -0.39 is 0 Å². The molecule has 3 aromatic carbocycles. The van der Waals surface area contributed by atoms with Crippen molar-refractivity contribution in [3.05, 3.63) is 95.6 Å². The van der Waals surface area contributed by atoms with Crippen LogP contribution < -0.4 is 10.5 Å². The molecule has 0 fully saturated rings. The summed E-state index contributed by atoms with van der Waals surface area (Å²) in [6.45, 7) is 5.41. The number of hydrogen-bond acceptors (Lipinski definition) is 3. The molecule has 3 N–H and O–H groups in total. The summed E-state index contributed by atoms with van der Waals surface area (Å²) in [7, 11) is 0. The minimum absolute atomic E-state index is 0.263. The number of rotatable bonds is 7. The second-order valence-corrected chi connectivity index (χ2v) is 7.02. The summed E-state index contributed by atoms with van der Waals surface area (Å²) in [5.41, 5.74) is 11.3. The maximum Gasteiger partial charge on any atom is 0.119 e. The van der Waals surface area contributed by atoms with Crippen LogP contribution in [0.5, 0.6) is 11.5 Å². The fraction of sp³-hybridized carbons (Fsp3) is 0.200. The van der Waals surface area contributed by atoms with Gasteiger partial charge >= 0.3 is 0 Å². The summed E-state index contributed by atoms with van der Waals surface area (Å²) in [4.78, 5) is 0. The normalized spacial score (nSPS) is 12.0. The van der Waals surface area contributed by atoms with Crippen molar-refractivity contribution in [2.75, 3.05) is 13.2 Å². The smallest absolute Gasteiger partial charge is 0.119 e. The second-order valence-electron chi connectivity index (χ2n) is 7.02. The number of ether oxygens (including phenoxy) is 1. The molecular weight excluding hydrogens is 346 g/mol. The maximum atomic E-state index is 9.75. The van der Waals surface area contributed by atoms with Gasteiger partial charge in [0.25, 0.3) is 0 Å². The Labute approximate surface area is 167 Å². The van der Waals surface area contributed by atoms with Gasteiger partial charge in [0.1, 0.15) is 18.1 Å². The SMILES string of the molecule is CC(C)/C(=C(/c1ccc(O)cc1)c1ccc(OCCN)cc1)c1ccccc1. The van der Waals surface area contributed by atoms with Gasteiger partial charge in [0, 0.05) is 6.54 Å². The first kappa shape index (κ1) is 19.7. The quantitative estimate of drug-likeness (QED) is 0.549. The highest BCUT2D eigenvalue weighted by Gasteiger charge is 2.17. The van der Waals surface area contributed by atoms with E-state index in [9.17, 15) is 5.11 Å². The lowest BCUT2D eigenvalue weighted by atomic mass is 9.84. The van der Waals surface area contributed by atoms with E-state index in [2.05, 4.69) is 50.2 Å². The highest BCUT2D eigenvalue weighted by Crippen LogP contribution is 2.37. The lowest BCUT2D eigenvalue weighted by molar-refractivity contribution is 0.328. The minimum atomic E-state index is 0.263. The van der Waals surface area contributed by atoms with Gasteiger partial charge in [-0.1, -0.05) is 68.4 Å². The van der Waals surface area contributed by atoms with Crippen LogP contribution in [0.25, 0.3) is 11.1 Å². The van der Waals surface area contributed by atoms with Gasteiger partial charge in [-0.2, -0.15) is 0 Å². The zero-order valence-corrected chi connectivity index (χ0v) is 16.4. The van der Waals surface area contributed by atoms with Gasteiger partial charge < -0.3 is 15.6 Å². The molecule has 0 spiro atoms. The number of nitrogens with two attached hydrogens (primary N) is 1. The first-order valence-corrected chi connectivity index (χ1v) is 9.62. The van der Waals surface area contributed by atoms with E-state index in [0.717, 1.165) is 22.4 Å². The molecule has 0 saturated carbocycles. The van der Waals surface area contributed by atoms with Crippen molar-refractivity contribution < 1.29 is 9.84 Å². The average Bonchev–Trinajstić information content (AvgIpc) is 2.72. The monoisotopic (exact) mass is 373 g/mol. The largest absolute Gasteiger partial charge is 0.508 e. The Kier molecular flexibility index (Phi) is 6.51. The van der Waals surface area contributed by atoms with Gasteiger partial charge in [-0.05, 0) is 58.0 Å². The summed E-state index contributed by atoms with van der Waals surface area (Å²) in [6.07, 6.45) is 0. The molecule has 144 valence electrons. The van der Waals surface area contributed by atoms with E-state index in [0.29, 0.717) is 19.1 Å². The predicted molar refractivity (Wildman–Crippen MR) is 116 cm³/mol. The Hall–Kier alpha value is -3.04. The third kappa shape index (κ3) is 4.62. The number of phenols is 1. The zero-order valence-electron chi connectivity index (χ0n) is 16.4. The van der Waals surface area contributed by atoms with Crippen molar-refractivity contribution in [2.45, 2.75) is 13.8 Å². The standard InChI is InChI=1S/C25H27NO2/c1-18(2)24(19-6-4-3-5-7-19)25(20-8-12-22(27)13-9-20)21-10-14-23(15-11-21)28-17-16-26/h3-15,18,27H,16-17,26H2,1-2H3/b25-24+. The molecule has 0 aromatic heterocycles. The zero-order chi connectivity index (χ0) is 19.9. The molecule has 3 heteroatoms. The van der Waals surface area contributed by atoms with E-state index >= 15 is 0 Å². The van der Waals surface area contributed by atoms with Gasteiger partial charge in [0.15, 0.2) is 0 Å². The Bertz CT molecular complexity index is 911. The Morgan fingerprint density at radius 2 is 1.39 bits per heavy atom. The van der Waals surface area contributed by atoms with E-state index in [1.165, 1.54) is 11.1 Å². The van der Waals surface area contributed by atoms with Crippen LogP contribution in [0.4, 0.5) is 0 Å². The molecule has 3 aromatic rings. The van der Waals surface area contributed by atoms with Crippen molar-refractivity contribution in [1.82, 2.24) is 0 Å². The van der Waals surface area contributed by atoms with Gasteiger partial charge in [-0.25, -0.2) is 0 Å². The molecule has 3 rings (SSSR count). The summed E-state index contributed by atoms with van der Waals surface area (Å²) in [6, 6.07) is 26.0. The fourth-order valence-electron chi connectivity index (χ4n) is 3.38. The van der Waals surface area contributed by atoms with Crippen LogP contribution in [0.3, 0.4) is 0 Å². The van der Waals surface area contributed by atoms with Crippen molar-refractivity contribution >= 4 is 11.1 Å². The molecule has 0 unspecified atom stereocenters. The van der Waals surface area contributed by atoms with Crippen LogP contribution in [0.15, 0.2) is 78.9 Å². The minimum Gasteiger partial charge on any atom is -0.508 e. The third-order valence-electron chi connectivity index (χ3n) is 4.62. The number of allylic oxidation sites excluding steroid dienone is 1. The summed E-state index contributed by atoms with van der Waals surface area (Å²) in [5.74, 6) is 1.39. The molecule has 0 aliphatic heterocycles. The van der Waals surface area contributed by atoms with Crippen LogP contribution >= 0.6 is 0 Å². The van der Waals surface area contributed by atoms with Crippen LogP contribution in [0.2, 0.25) is 0 Å². The summed E-state index contributed by atoms with van der Waals surface area (Å²) in [5, 5.41) is 9.75. The van der Waals surface area contributed by atoms with E-state index in [-0.39, 0.29) is 5.75 Å². The van der Waals surface area contributed by atoms with Crippen LogP contribution in [-0.2, 0) is 0 Å². The molecule has 0 atom stereocenters. The molecule has 0 radical (unpaired) electrons. The summed E-state index contributed by atoms with van der Waals surface area (Å²) < 4.78 is 5.63. The molecule has 0 heterocycles. The molecule has 0 bridgehead atoms. The molecule has 0 aliphatic rings. The summed E-state index contributed by atoms with van der Waals surface area (Å²) >= 11 is 0. The van der Waals surface area contributed by atoms with E-state index in [4.69, 9.17) is 10.5 Å². The second kappa shape index (κ2) is 9.25. The molecule has 0 aliphatic carbocycles. The number of aromatic hydroxyl groups is 1. The van der Waals surface area contributed by atoms with Gasteiger partial charge in [-0.15, -0.1) is 0 Å². The lowest BCUT2D eigenvalue weighted by Gasteiger charge is -2.20. The third-order valence-corrected chi connectivity index (χ3v) is 4.62. The van der Waals surface area contributed by atoms with Gasteiger partial charge in [-0.3, -0.25) is 0 Å². The van der Waals surface area contributed by atoms with Crippen molar-refractivity contribution in [3.63, 3.8) is 0 Å². The Morgan fingerprint density at radius 3 is 1.93 bits per heavy atom. The van der Waals surface area contributed by atoms with Crippen molar-refractivity contribution in [2.24, 2.45) is 11.7 Å². The van der Waals surface area contributed by atoms with Gasteiger partial charge in [0.2, 0.25) is 0 Å². The van der Waals surface area contributed by atoms with Gasteiger partial charge in [0.05, 0.1) is 0 Å². The van der Waals surface area contributed by atoms with Crippen molar-refractivity contribution in [3.8, 4) is 11.5 Å². The van der Waals surface area contributed by atoms with Crippen LogP contribution in [-0.4, -0.2) is 18.3 Å². The molecule has 28 heavy (non-hydrogen) atoms. The van der Waals surface area contributed by atoms with Crippen LogP contribution in [0, 0.1) is 5.92 Å². The Morgan fingerprint density at radius 1 is 0.821 bits per heavy atom.